The summed E-state index contributed by atoms with van der Waals surface area (Å²) >= 11 is 0. The van der Waals surface area contributed by atoms with E-state index in [1.807, 2.05) is 30.3 Å². The second-order valence-electron chi connectivity index (χ2n) is 11.2. The van der Waals surface area contributed by atoms with E-state index in [9.17, 15) is 0 Å². The van der Waals surface area contributed by atoms with Gasteiger partial charge < -0.3 is 13.3 Å². The fourth-order valence-corrected chi connectivity index (χ4v) is 7.18. The van der Waals surface area contributed by atoms with E-state index in [1.54, 1.807) is 6.26 Å². The largest absolute Gasteiger partial charge is 0.464 e. The number of benzene rings is 7. The van der Waals surface area contributed by atoms with Gasteiger partial charge >= 0.3 is 0 Å². The maximum Gasteiger partial charge on any atom is 0.144 e. The van der Waals surface area contributed by atoms with Crippen LogP contribution in [0.15, 0.2) is 147 Å². The lowest BCUT2D eigenvalue weighted by Crippen LogP contribution is -1.91. The average molecular weight is 551 g/mol. The quantitative estimate of drug-likeness (QED) is 0.201. The number of furan rings is 3. The van der Waals surface area contributed by atoms with Gasteiger partial charge in [0.25, 0.3) is 0 Å². The van der Waals surface area contributed by atoms with Crippen molar-refractivity contribution in [3.8, 4) is 22.3 Å². The number of fused-ring (bicyclic) bond motifs is 10. The lowest BCUT2D eigenvalue weighted by molar-refractivity contribution is 0.615. The van der Waals surface area contributed by atoms with Gasteiger partial charge in [0.05, 0.1) is 6.26 Å². The number of hydrogen-bond donors (Lipinski definition) is 0. The maximum absolute atomic E-state index is 6.66. The van der Waals surface area contributed by atoms with Crippen molar-refractivity contribution in [2.45, 2.75) is 0 Å². The van der Waals surface area contributed by atoms with E-state index in [2.05, 4.69) is 97.1 Å². The summed E-state index contributed by atoms with van der Waals surface area (Å²) in [5.41, 5.74) is 8.80. The molecule has 0 aliphatic rings. The van der Waals surface area contributed by atoms with E-state index in [1.165, 1.54) is 5.56 Å². The molecule has 3 nitrogen and oxygen atoms in total. The highest BCUT2D eigenvalue weighted by atomic mass is 16.3. The van der Waals surface area contributed by atoms with Crippen LogP contribution in [0.25, 0.3) is 98.6 Å². The predicted molar refractivity (Wildman–Crippen MR) is 177 cm³/mol. The van der Waals surface area contributed by atoms with Gasteiger partial charge in [0.2, 0.25) is 0 Å². The molecule has 43 heavy (non-hydrogen) atoms. The number of hydrogen-bond acceptors (Lipinski definition) is 3. The van der Waals surface area contributed by atoms with Crippen LogP contribution in [-0.4, -0.2) is 0 Å². The van der Waals surface area contributed by atoms with Crippen molar-refractivity contribution < 1.29 is 13.3 Å². The molecule has 200 valence electrons. The smallest absolute Gasteiger partial charge is 0.144 e. The first-order valence-corrected chi connectivity index (χ1v) is 14.5. The summed E-state index contributed by atoms with van der Waals surface area (Å²) in [6.45, 7) is 0. The molecule has 0 bridgehead atoms. The molecule has 0 amide bonds. The van der Waals surface area contributed by atoms with Gasteiger partial charge in [-0.15, -0.1) is 0 Å². The Bertz CT molecular complexity index is 2680. The van der Waals surface area contributed by atoms with Crippen molar-refractivity contribution in [3.63, 3.8) is 0 Å². The van der Waals surface area contributed by atoms with Crippen molar-refractivity contribution >= 4 is 76.4 Å². The van der Waals surface area contributed by atoms with Crippen molar-refractivity contribution in [2.24, 2.45) is 0 Å². The first kappa shape index (κ1) is 22.8. The second-order valence-corrected chi connectivity index (χ2v) is 11.2. The molecule has 0 fully saturated rings. The minimum absolute atomic E-state index is 0.846. The molecular weight excluding hydrogens is 528 g/mol. The van der Waals surface area contributed by atoms with E-state index in [0.717, 1.165) is 93.1 Å². The Morgan fingerprint density at radius 1 is 0.349 bits per heavy atom. The third-order valence-corrected chi connectivity index (χ3v) is 8.95. The summed E-state index contributed by atoms with van der Waals surface area (Å²) in [7, 11) is 0. The van der Waals surface area contributed by atoms with Gasteiger partial charge in [0.15, 0.2) is 0 Å². The number of para-hydroxylation sites is 3. The monoisotopic (exact) mass is 550 g/mol. The molecule has 10 aromatic rings. The topological polar surface area (TPSA) is 39.4 Å². The molecule has 10 rings (SSSR count). The Balaban J connectivity index is 1.40. The third-order valence-electron chi connectivity index (χ3n) is 8.95. The van der Waals surface area contributed by atoms with Crippen LogP contribution in [0.3, 0.4) is 0 Å². The summed E-state index contributed by atoms with van der Waals surface area (Å²) < 4.78 is 19.3. The van der Waals surface area contributed by atoms with Gasteiger partial charge in [0.1, 0.15) is 27.9 Å². The van der Waals surface area contributed by atoms with Crippen LogP contribution in [0.1, 0.15) is 0 Å². The van der Waals surface area contributed by atoms with Gasteiger partial charge in [-0.25, -0.2) is 0 Å². The molecule has 3 aromatic heterocycles. The van der Waals surface area contributed by atoms with Crippen molar-refractivity contribution in [3.05, 3.63) is 134 Å². The van der Waals surface area contributed by atoms with Crippen molar-refractivity contribution in [1.82, 2.24) is 0 Å². The van der Waals surface area contributed by atoms with E-state index in [0.29, 0.717) is 0 Å². The molecule has 0 spiro atoms. The number of rotatable bonds is 2. The van der Waals surface area contributed by atoms with Gasteiger partial charge in [0, 0.05) is 49.2 Å². The second kappa shape index (κ2) is 8.37. The Labute approximate surface area is 245 Å². The standard InChI is InChI=1S/C40H22O3/c1-3-13-26-24(11-1)36(31-17-9-16-28-23-10-5-7-18-33(23)42-39(28)31)25-12-2-4-14-27(25)37(26)32-22-35-30(20-21-41-35)38-29-15-6-8-19-34(29)43-40(32)38/h1-22H. The highest BCUT2D eigenvalue weighted by molar-refractivity contribution is 6.29. The van der Waals surface area contributed by atoms with E-state index in [-0.39, 0.29) is 0 Å². The van der Waals surface area contributed by atoms with Crippen LogP contribution >= 0.6 is 0 Å². The fraction of sp³-hybridized carbons (Fsp3) is 0. The SMILES string of the molecule is c1ccc2c(c1)oc1c(-c3c4ccccc4c(-c4cc5occc5c5c4oc4ccccc45)c4ccccc34)cccc12. The Kier molecular flexibility index (Phi) is 4.45. The molecule has 0 radical (unpaired) electrons. The van der Waals surface area contributed by atoms with E-state index in [4.69, 9.17) is 13.3 Å². The highest BCUT2D eigenvalue weighted by Crippen LogP contribution is 2.49. The van der Waals surface area contributed by atoms with E-state index < -0.39 is 0 Å². The van der Waals surface area contributed by atoms with Gasteiger partial charge in [-0.3, -0.25) is 0 Å². The van der Waals surface area contributed by atoms with Gasteiger partial charge in [-0.2, -0.15) is 0 Å². The van der Waals surface area contributed by atoms with Gasteiger partial charge in [-0.1, -0.05) is 103 Å². The van der Waals surface area contributed by atoms with Crippen LogP contribution in [0, 0.1) is 0 Å². The molecule has 0 saturated heterocycles. The van der Waals surface area contributed by atoms with Gasteiger partial charge in [-0.05, 0) is 45.8 Å². The summed E-state index contributed by atoms with van der Waals surface area (Å²) in [5.74, 6) is 0. The zero-order valence-electron chi connectivity index (χ0n) is 22.9. The zero-order chi connectivity index (χ0) is 28.1. The van der Waals surface area contributed by atoms with Crippen LogP contribution in [0.4, 0.5) is 0 Å². The molecule has 7 aromatic carbocycles. The summed E-state index contributed by atoms with van der Waals surface area (Å²) in [6, 6.07) is 44.6. The minimum atomic E-state index is 0.846. The average Bonchev–Trinajstić information content (AvgIpc) is 3.78. The lowest BCUT2D eigenvalue weighted by atomic mass is 9.85. The minimum Gasteiger partial charge on any atom is -0.464 e. The molecule has 3 heteroatoms. The molecule has 0 aliphatic carbocycles. The first-order chi connectivity index (χ1) is 21.3. The Morgan fingerprint density at radius 2 is 0.860 bits per heavy atom. The molecule has 0 aliphatic heterocycles. The lowest BCUT2D eigenvalue weighted by Gasteiger charge is -2.18. The Morgan fingerprint density at radius 3 is 1.56 bits per heavy atom. The summed E-state index contributed by atoms with van der Waals surface area (Å²) in [6.07, 6.45) is 1.77. The molecule has 3 heterocycles. The fourth-order valence-electron chi connectivity index (χ4n) is 7.18. The molecule has 0 atom stereocenters. The predicted octanol–water partition coefficient (Wildman–Crippen LogP) is 11.9. The maximum atomic E-state index is 6.66. The highest BCUT2D eigenvalue weighted by Gasteiger charge is 2.24. The molecular formula is C40H22O3. The Hall–Kier alpha value is -5.80. The van der Waals surface area contributed by atoms with Crippen LogP contribution in [0.2, 0.25) is 0 Å². The zero-order valence-corrected chi connectivity index (χ0v) is 22.9. The normalized spacial score (nSPS) is 12.2. The molecule has 0 saturated carbocycles. The van der Waals surface area contributed by atoms with Crippen molar-refractivity contribution in [1.29, 1.82) is 0 Å². The van der Waals surface area contributed by atoms with E-state index >= 15 is 0 Å². The summed E-state index contributed by atoms with van der Waals surface area (Å²) in [5, 5.41) is 10.1. The molecule has 0 N–H and O–H groups in total. The van der Waals surface area contributed by atoms with Crippen LogP contribution < -0.4 is 0 Å². The first-order valence-electron chi connectivity index (χ1n) is 14.5. The third kappa shape index (κ3) is 3.03. The van der Waals surface area contributed by atoms with Crippen LogP contribution in [-0.2, 0) is 0 Å². The molecule has 0 unspecified atom stereocenters. The summed E-state index contributed by atoms with van der Waals surface area (Å²) in [4.78, 5) is 0. The van der Waals surface area contributed by atoms with Crippen LogP contribution in [0.5, 0.6) is 0 Å². The van der Waals surface area contributed by atoms with Crippen molar-refractivity contribution in [2.75, 3.05) is 0 Å².